The van der Waals surface area contributed by atoms with Crippen LogP contribution >= 0.6 is 0 Å². The Labute approximate surface area is 161 Å². The smallest absolute Gasteiger partial charge is 0.141 e. The van der Waals surface area contributed by atoms with E-state index in [1.807, 2.05) is 0 Å². The van der Waals surface area contributed by atoms with Crippen molar-refractivity contribution in [2.45, 2.75) is 40.2 Å². The monoisotopic (exact) mass is 354 g/mol. The minimum Gasteiger partial charge on any atom is -0.319 e. The van der Waals surface area contributed by atoms with E-state index in [-0.39, 0.29) is 0 Å². The zero-order valence-electron chi connectivity index (χ0n) is 16.5. The average Bonchev–Trinajstić information content (AvgIpc) is 3.00. The van der Waals surface area contributed by atoms with Gasteiger partial charge < -0.3 is 4.57 Å². The molecule has 0 amide bonds. The molecular weight excluding hydrogens is 328 g/mol. The van der Waals surface area contributed by atoms with Crippen LogP contribution in [0.4, 0.5) is 0 Å². The molecule has 27 heavy (non-hydrogen) atoms. The lowest BCUT2D eigenvalue weighted by Crippen LogP contribution is -2.03. The maximum atomic E-state index is 4.98. The summed E-state index contributed by atoms with van der Waals surface area (Å²) >= 11 is 0. The molecule has 0 aliphatic rings. The van der Waals surface area contributed by atoms with Crippen molar-refractivity contribution in [2.75, 3.05) is 0 Å². The van der Waals surface area contributed by atoms with Gasteiger partial charge in [-0.25, -0.2) is 4.98 Å². The maximum Gasteiger partial charge on any atom is 0.141 e. The first-order chi connectivity index (χ1) is 13.0. The minimum atomic E-state index is 0.555. The largest absolute Gasteiger partial charge is 0.319 e. The molecule has 0 radical (unpaired) electrons. The van der Waals surface area contributed by atoms with Crippen molar-refractivity contribution in [3.63, 3.8) is 0 Å². The Kier molecular flexibility index (Phi) is 4.57. The van der Waals surface area contributed by atoms with E-state index in [9.17, 15) is 0 Å². The van der Waals surface area contributed by atoms with E-state index in [1.54, 1.807) is 0 Å². The summed E-state index contributed by atoms with van der Waals surface area (Å²) in [4.78, 5) is 4.98. The molecule has 2 heteroatoms. The quantitative estimate of drug-likeness (QED) is 0.409. The first-order valence-corrected chi connectivity index (χ1v) is 9.64. The molecule has 0 fully saturated rings. The van der Waals surface area contributed by atoms with E-state index in [1.165, 1.54) is 33.3 Å². The fourth-order valence-electron chi connectivity index (χ4n) is 3.70. The highest BCUT2D eigenvalue weighted by molar-refractivity contribution is 5.81. The molecule has 0 unspecified atom stereocenters. The van der Waals surface area contributed by atoms with E-state index in [4.69, 9.17) is 4.98 Å². The van der Waals surface area contributed by atoms with Crippen molar-refractivity contribution in [1.29, 1.82) is 0 Å². The molecule has 2 nitrogen and oxygen atoms in total. The third kappa shape index (κ3) is 3.40. The Bertz CT molecular complexity index is 1090. The van der Waals surface area contributed by atoms with Crippen LogP contribution in [0.2, 0.25) is 0 Å². The van der Waals surface area contributed by atoms with Crippen LogP contribution in [0.15, 0.2) is 66.7 Å². The summed E-state index contributed by atoms with van der Waals surface area (Å²) in [5.41, 5.74) is 8.66. The summed E-state index contributed by atoms with van der Waals surface area (Å²) in [6.07, 6.45) is 0. The molecule has 0 saturated carbocycles. The van der Waals surface area contributed by atoms with Crippen LogP contribution in [0.25, 0.3) is 22.4 Å². The second-order valence-corrected chi connectivity index (χ2v) is 7.72. The number of hydrogen-bond donors (Lipinski definition) is 0. The number of hydrogen-bond acceptors (Lipinski definition) is 1. The minimum absolute atomic E-state index is 0.555. The van der Waals surface area contributed by atoms with Crippen LogP contribution in [0.5, 0.6) is 0 Å². The molecule has 3 aromatic carbocycles. The number of fused-ring (bicyclic) bond motifs is 1. The molecule has 0 bridgehead atoms. The van der Waals surface area contributed by atoms with E-state index in [2.05, 4.69) is 99.0 Å². The van der Waals surface area contributed by atoms with Gasteiger partial charge >= 0.3 is 0 Å². The number of aromatic nitrogens is 2. The summed E-state index contributed by atoms with van der Waals surface area (Å²) < 4.78 is 2.34. The van der Waals surface area contributed by atoms with Crippen LogP contribution in [0.1, 0.15) is 42.0 Å². The second kappa shape index (κ2) is 7.03. The Morgan fingerprint density at radius 3 is 2.33 bits per heavy atom. The van der Waals surface area contributed by atoms with Gasteiger partial charge in [0.2, 0.25) is 0 Å². The molecule has 4 aromatic rings. The van der Waals surface area contributed by atoms with Gasteiger partial charge in [0.1, 0.15) is 5.82 Å². The van der Waals surface area contributed by atoms with Crippen LogP contribution in [-0.4, -0.2) is 9.55 Å². The first-order valence-electron chi connectivity index (χ1n) is 9.64. The van der Waals surface area contributed by atoms with Gasteiger partial charge in [-0.05, 0) is 48.6 Å². The van der Waals surface area contributed by atoms with Gasteiger partial charge in [-0.3, -0.25) is 0 Å². The Hall–Kier alpha value is -2.87. The molecule has 0 spiro atoms. The summed E-state index contributed by atoms with van der Waals surface area (Å²) in [6, 6.07) is 24.0. The lowest BCUT2D eigenvalue weighted by molar-refractivity contribution is 0.826. The lowest BCUT2D eigenvalue weighted by atomic mass is 10.0. The predicted octanol–water partition coefficient (Wildman–Crippen LogP) is 6.49. The topological polar surface area (TPSA) is 17.8 Å². The standard InChI is InChI=1S/C25H26N2/c1-17(2)21-12-10-20(11-13-21)16-27-24-8-6-5-7-23(24)26-25(27)22-14-9-18(3)15-19(22)4/h5-15,17H,16H2,1-4H3. The highest BCUT2D eigenvalue weighted by Crippen LogP contribution is 2.29. The molecule has 0 atom stereocenters. The van der Waals surface area contributed by atoms with Crippen LogP contribution in [0.3, 0.4) is 0 Å². The fraction of sp³-hybridized carbons (Fsp3) is 0.240. The molecule has 136 valence electrons. The molecule has 0 aliphatic carbocycles. The normalized spacial score (nSPS) is 11.4. The Morgan fingerprint density at radius 2 is 1.63 bits per heavy atom. The SMILES string of the molecule is Cc1ccc(-c2nc3ccccc3n2Cc2ccc(C(C)C)cc2)c(C)c1. The number of para-hydroxylation sites is 2. The van der Waals surface area contributed by atoms with Crippen LogP contribution in [-0.2, 0) is 6.54 Å². The van der Waals surface area contributed by atoms with Crippen molar-refractivity contribution in [2.24, 2.45) is 0 Å². The van der Waals surface area contributed by atoms with Crippen molar-refractivity contribution in [3.05, 3.63) is 89.0 Å². The fourth-order valence-corrected chi connectivity index (χ4v) is 3.70. The second-order valence-electron chi connectivity index (χ2n) is 7.72. The number of benzene rings is 3. The Balaban J connectivity index is 1.83. The molecule has 1 heterocycles. The first kappa shape index (κ1) is 17.5. The number of aryl methyl sites for hydroxylation is 2. The molecule has 1 aromatic heterocycles. The third-order valence-corrected chi connectivity index (χ3v) is 5.26. The molecule has 0 saturated heterocycles. The summed E-state index contributed by atoms with van der Waals surface area (Å²) in [5, 5.41) is 0. The average molecular weight is 354 g/mol. The molecular formula is C25H26N2. The highest BCUT2D eigenvalue weighted by Gasteiger charge is 2.14. The molecule has 4 rings (SSSR count). The highest BCUT2D eigenvalue weighted by atomic mass is 15.1. The van der Waals surface area contributed by atoms with Gasteiger partial charge in [-0.15, -0.1) is 0 Å². The molecule has 0 aliphatic heterocycles. The summed E-state index contributed by atoms with van der Waals surface area (Å²) in [6.45, 7) is 9.59. The van der Waals surface area contributed by atoms with Crippen LogP contribution in [0, 0.1) is 13.8 Å². The van der Waals surface area contributed by atoms with Gasteiger partial charge in [0.15, 0.2) is 0 Å². The number of imidazole rings is 1. The van der Waals surface area contributed by atoms with E-state index < -0.39 is 0 Å². The van der Waals surface area contributed by atoms with Crippen LogP contribution < -0.4 is 0 Å². The van der Waals surface area contributed by atoms with Crippen molar-refractivity contribution >= 4 is 11.0 Å². The lowest BCUT2D eigenvalue weighted by Gasteiger charge is -2.13. The zero-order chi connectivity index (χ0) is 19.0. The Morgan fingerprint density at radius 1 is 0.889 bits per heavy atom. The summed E-state index contributed by atoms with van der Waals surface area (Å²) in [5.74, 6) is 1.60. The van der Waals surface area contributed by atoms with Gasteiger partial charge in [0, 0.05) is 12.1 Å². The van der Waals surface area contributed by atoms with Gasteiger partial charge in [-0.2, -0.15) is 0 Å². The van der Waals surface area contributed by atoms with E-state index >= 15 is 0 Å². The molecule has 0 N–H and O–H groups in total. The summed E-state index contributed by atoms with van der Waals surface area (Å²) in [7, 11) is 0. The van der Waals surface area contributed by atoms with Crippen molar-refractivity contribution in [3.8, 4) is 11.4 Å². The van der Waals surface area contributed by atoms with Crippen molar-refractivity contribution in [1.82, 2.24) is 9.55 Å². The van der Waals surface area contributed by atoms with Gasteiger partial charge in [0.25, 0.3) is 0 Å². The van der Waals surface area contributed by atoms with Gasteiger partial charge in [0.05, 0.1) is 11.0 Å². The maximum absolute atomic E-state index is 4.98. The zero-order valence-corrected chi connectivity index (χ0v) is 16.5. The predicted molar refractivity (Wildman–Crippen MR) is 114 cm³/mol. The van der Waals surface area contributed by atoms with E-state index in [0.29, 0.717) is 5.92 Å². The van der Waals surface area contributed by atoms with E-state index in [0.717, 1.165) is 17.9 Å². The number of nitrogens with zero attached hydrogens (tertiary/aromatic N) is 2. The van der Waals surface area contributed by atoms with Gasteiger partial charge in [-0.1, -0.05) is 74.0 Å². The third-order valence-electron chi connectivity index (χ3n) is 5.26. The number of rotatable bonds is 4. The van der Waals surface area contributed by atoms with Crippen molar-refractivity contribution < 1.29 is 0 Å².